The summed E-state index contributed by atoms with van der Waals surface area (Å²) >= 11 is 0. The first-order valence-corrected chi connectivity index (χ1v) is 5.11. The van der Waals surface area contributed by atoms with Gasteiger partial charge in [-0.1, -0.05) is 24.6 Å². The molecule has 0 fully saturated rings. The number of aryl methyl sites for hydroxylation is 1. The van der Waals surface area contributed by atoms with Gasteiger partial charge in [0.25, 0.3) is 0 Å². The topological polar surface area (TPSA) is 30.0 Å². The minimum atomic E-state index is 0.0949. The fourth-order valence-electron chi connectivity index (χ4n) is 1.58. The Morgan fingerprint density at radius 1 is 1.27 bits per heavy atom. The van der Waals surface area contributed by atoms with E-state index in [1.807, 2.05) is 32.0 Å². The van der Waals surface area contributed by atoms with E-state index in [1.165, 1.54) is 5.56 Å². The number of Topliss-reactive ketones (excluding diaryl/α,β-unsaturated/α-hetero) is 1. The minimum absolute atomic E-state index is 0.0949. The van der Waals surface area contributed by atoms with Crippen molar-refractivity contribution in [2.45, 2.75) is 20.3 Å². The van der Waals surface area contributed by atoms with Crippen LogP contribution in [0, 0.1) is 6.92 Å². The molecule has 0 atom stereocenters. The smallest absolute Gasteiger partial charge is 0.180 e. The molecular weight excluding hydrogens is 186 g/mol. The van der Waals surface area contributed by atoms with Crippen molar-refractivity contribution in [3.05, 3.63) is 41.6 Å². The number of aromatic nitrogens is 1. The van der Waals surface area contributed by atoms with Crippen molar-refractivity contribution in [2.24, 2.45) is 0 Å². The van der Waals surface area contributed by atoms with E-state index in [9.17, 15) is 4.79 Å². The summed E-state index contributed by atoms with van der Waals surface area (Å²) in [6, 6.07) is 9.79. The molecule has 0 bridgehead atoms. The third-order valence-electron chi connectivity index (χ3n) is 2.45. The Bertz CT molecular complexity index is 517. The maximum atomic E-state index is 11.5. The van der Waals surface area contributed by atoms with E-state index in [1.54, 1.807) is 6.07 Å². The van der Waals surface area contributed by atoms with Crippen molar-refractivity contribution in [1.82, 2.24) is 4.98 Å². The summed E-state index contributed by atoms with van der Waals surface area (Å²) in [5, 5.41) is 1.09. The molecule has 2 heteroatoms. The summed E-state index contributed by atoms with van der Waals surface area (Å²) in [5.74, 6) is 0.0949. The van der Waals surface area contributed by atoms with Gasteiger partial charge in [-0.2, -0.15) is 0 Å². The molecule has 1 aromatic heterocycles. The van der Waals surface area contributed by atoms with E-state index < -0.39 is 0 Å². The van der Waals surface area contributed by atoms with Gasteiger partial charge in [-0.25, -0.2) is 4.98 Å². The van der Waals surface area contributed by atoms with E-state index in [2.05, 4.69) is 11.1 Å². The average molecular weight is 199 g/mol. The van der Waals surface area contributed by atoms with E-state index in [-0.39, 0.29) is 5.78 Å². The van der Waals surface area contributed by atoms with Crippen LogP contribution in [-0.2, 0) is 0 Å². The van der Waals surface area contributed by atoms with Crippen molar-refractivity contribution in [2.75, 3.05) is 0 Å². The molecular formula is C13H13NO. The van der Waals surface area contributed by atoms with Crippen LogP contribution in [0.15, 0.2) is 30.3 Å². The van der Waals surface area contributed by atoms with E-state index in [0.29, 0.717) is 12.1 Å². The highest BCUT2D eigenvalue weighted by Gasteiger charge is 2.05. The highest BCUT2D eigenvalue weighted by Crippen LogP contribution is 2.15. The van der Waals surface area contributed by atoms with Crippen molar-refractivity contribution in [1.29, 1.82) is 0 Å². The lowest BCUT2D eigenvalue weighted by Crippen LogP contribution is -1.99. The zero-order valence-electron chi connectivity index (χ0n) is 8.95. The second-order valence-corrected chi connectivity index (χ2v) is 3.67. The molecule has 15 heavy (non-hydrogen) atoms. The maximum Gasteiger partial charge on any atom is 0.180 e. The number of pyridine rings is 1. The molecule has 0 aliphatic rings. The van der Waals surface area contributed by atoms with Crippen LogP contribution in [0.5, 0.6) is 0 Å². The Hall–Kier alpha value is -1.70. The zero-order valence-corrected chi connectivity index (χ0v) is 8.95. The predicted octanol–water partition coefficient (Wildman–Crippen LogP) is 3.14. The molecule has 1 heterocycles. The molecule has 0 amide bonds. The monoisotopic (exact) mass is 199 g/mol. The van der Waals surface area contributed by atoms with Gasteiger partial charge in [0, 0.05) is 11.8 Å². The molecule has 0 spiro atoms. The number of hydrogen-bond donors (Lipinski definition) is 0. The van der Waals surface area contributed by atoms with Gasteiger partial charge in [-0.3, -0.25) is 4.79 Å². The SMILES string of the molecule is CCC(=O)c1ccc2cc(C)ccc2n1. The standard InChI is InChI=1S/C13H13NO/c1-3-13(15)12-7-5-10-8-9(2)4-6-11(10)14-12/h4-8H,3H2,1-2H3. The summed E-state index contributed by atoms with van der Waals surface area (Å²) in [5.41, 5.74) is 2.66. The number of carbonyl (C=O) groups is 1. The number of rotatable bonds is 2. The number of ketones is 1. The van der Waals surface area contributed by atoms with Crippen LogP contribution in [0.2, 0.25) is 0 Å². The van der Waals surface area contributed by atoms with Crippen molar-refractivity contribution < 1.29 is 4.79 Å². The maximum absolute atomic E-state index is 11.5. The van der Waals surface area contributed by atoms with E-state index >= 15 is 0 Å². The van der Waals surface area contributed by atoms with Gasteiger partial charge in [0.1, 0.15) is 5.69 Å². The summed E-state index contributed by atoms with van der Waals surface area (Å²) in [6.07, 6.45) is 0.504. The normalized spacial score (nSPS) is 10.5. The van der Waals surface area contributed by atoms with Gasteiger partial charge in [0.2, 0.25) is 0 Å². The molecule has 0 saturated heterocycles. The first kappa shape index (κ1) is 9.84. The molecule has 0 unspecified atom stereocenters. The molecule has 0 aliphatic heterocycles. The first-order chi connectivity index (χ1) is 7.20. The molecule has 0 radical (unpaired) electrons. The van der Waals surface area contributed by atoms with Crippen LogP contribution in [-0.4, -0.2) is 10.8 Å². The Kier molecular flexibility index (Phi) is 2.50. The van der Waals surface area contributed by atoms with Gasteiger partial charge >= 0.3 is 0 Å². The molecule has 2 nitrogen and oxygen atoms in total. The Morgan fingerprint density at radius 3 is 2.80 bits per heavy atom. The van der Waals surface area contributed by atoms with Crippen molar-refractivity contribution in [3.63, 3.8) is 0 Å². The molecule has 2 aromatic rings. The molecule has 0 saturated carbocycles. The number of nitrogens with zero attached hydrogens (tertiary/aromatic N) is 1. The summed E-state index contributed by atoms with van der Waals surface area (Å²) in [7, 11) is 0. The lowest BCUT2D eigenvalue weighted by Gasteiger charge is -2.01. The van der Waals surface area contributed by atoms with Gasteiger partial charge in [0.15, 0.2) is 5.78 Å². The Morgan fingerprint density at radius 2 is 2.07 bits per heavy atom. The molecule has 76 valence electrons. The van der Waals surface area contributed by atoms with Crippen LogP contribution in [0.4, 0.5) is 0 Å². The van der Waals surface area contributed by atoms with Gasteiger partial charge in [-0.15, -0.1) is 0 Å². The van der Waals surface area contributed by atoms with E-state index in [0.717, 1.165) is 10.9 Å². The number of carbonyl (C=O) groups excluding carboxylic acids is 1. The number of benzene rings is 1. The van der Waals surface area contributed by atoms with Gasteiger partial charge in [-0.05, 0) is 25.1 Å². The quantitative estimate of drug-likeness (QED) is 0.695. The predicted molar refractivity (Wildman–Crippen MR) is 61.1 cm³/mol. The third kappa shape index (κ3) is 1.89. The summed E-state index contributed by atoms with van der Waals surface area (Å²) in [6.45, 7) is 3.90. The fourth-order valence-corrected chi connectivity index (χ4v) is 1.58. The summed E-state index contributed by atoms with van der Waals surface area (Å²) < 4.78 is 0. The van der Waals surface area contributed by atoms with Gasteiger partial charge in [0.05, 0.1) is 5.52 Å². The highest BCUT2D eigenvalue weighted by molar-refractivity contribution is 5.96. The first-order valence-electron chi connectivity index (χ1n) is 5.11. The largest absolute Gasteiger partial charge is 0.292 e. The number of fused-ring (bicyclic) bond motifs is 1. The second-order valence-electron chi connectivity index (χ2n) is 3.67. The fraction of sp³-hybridized carbons (Fsp3) is 0.231. The Balaban J connectivity index is 2.57. The van der Waals surface area contributed by atoms with Crippen LogP contribution < -0.4 is 0 Å². The van der Waals surface area contributed by atoms with Crippen LogP contribution in [0.25, 0.3) is 10.9 Å². The lowest BCUT2D eigenvalue weighted by molar-refractivity contribution is 0.0984. The van der Waals surface area contributed by atoms with Gasteiger partial charge < -0.3 is 0 Å². The highest BCUT2D eigenvalue weighted by atomic mass is 16.1. The third-order valence-corrected chi connectivity index (χ3v) is 2.45. The minimum Gasteiger partial charge on any atom is -0.292 e. The molecule has 1 aromatic carbocycles. The summed E-state index contributed by atoms with van der Waals surface area (Å²) in [4.78, 5) is 15.8. The lowest BCUT2D eigenvalue weighted by atomic mass is 10.1. The van der Waals surface area contributed by atoms with Crippen LogP contribution >= 0.6 is 0 Å². The second kappa shape index (κ2) is 3.81. The van der Waals surface area contributed by atoms with E-state index in [4.69, 9.17) is 0 Å². The van der Waals surface area contributed by atoms with Crippen molar-refractivity contribution in [3.8, 4) is 0 Å². The molecule has 0 aliphatic carbocycles. The van der Waals surface area contributed by atoms with Crippen molar-refractivity contribution >= 4 is 16.7 Å². The molecule has 2 rings (SSSR count). The Labute approximate surface area is 89.0 Å². The van der Waals surface area contributed by atoms with Crippen LogP contribution in [0.3, 0.4) is 0 Å². The van der Waals surface area contributed by atoms with Crippen LogP contribution in [0.1, 0.15) is 29.4 Å². The zero-order chi connectivity index (χ0) is 10.8. The molecule has 0 N–H and O–H groups in total. The number of hydrogen-bond acceptors (Lipinski definition) is 2. The average Bonchev–Trinajstić information content (AvgIpc) is 2.27.